The van der Waals surface area contributed by atoms with Crippen molar-refractivity contribution < 1.29 is 9.53 Å². The van der Waals surface area contributed by atoms with E-state index < -0.39 is 0 Å². The zero-order valence-electron chi connectivity index (χ0n) is 14.6. The van der Waals surface area contributed by atoms with Gasteiger partial charge in [-0.3, -0.25) is 4.79 Å². The molecule has 0 aliphatic carbocycles. The van der Waals surface area contributed by atoms with E-state index in [1.807, 2.05) is 53.4 Å². The first-order valence-corrected chi connectivity index (χ1v) is 9.65. The lowest BCUT2D eigenvalue weighted by atomic mass is 10.1. The van der Waals surface area contributed by atoms with Gasteiger partial charge in [-0.15, -0.1) is 10.2 Å². The summed E-state index contributed by atoms with van der Waals surface area (Å²) in [4.78, 5) is 19.2. The van der Waals surface area contributed by atoms with Crippen molar-refractivity contribution in [3.05, 3.63) is 59.7 Å². The SMILES string of the molecule is O=C(COc1ccccc1)N1CCC[C@@H]1c1cccc(Nc2nncs2)n1. The minimum Gasteiger partial charge on any atom is -0.484 e. The second kappa shape index (κ2) is 8.13. The highest BCUT2D eigenvalue weighted by Gasteiger charge is 2.31. The van der Waals surface area contributed by atoms with Crippen molar-refractivity contribution in [1.29, 1.82) is 0 Å². The highest BCUT2D eigenvalue weighted by Crippen LogP contribution is 2.32. The molecule has 0 spiro atoms. The van der Waals surface area contributed by atoms with Crippen molar-refractivity contribution in [2.45, 2.75) is 18.9 Å². The molecule has 0 unspecified atom stereocenters. The number of aromatic nitrogens is 3. The molecule has 2 aromatic heterocycles. The number of carbonyl (C=O) groups excluding carboxylic acids is 1. The van der Waals surface area contributed by atoms with Crippen LogP contribution in [0.1, 0.15) is 24.6 Å². The smallest absolute Gasteiger partial charge is 0.261 e. The molecule has 1 amide bonds. The van der Waals surface area contributed by atoms with E-state index in [9.17, 15) is 4.79 Å². The predicted octanol–water partition coefficient (Wildman–Crippen LogP) is 3.42. The van der Waals surface area contributed by atoms with Gasteiger partial charge in [0.05, 0.1) is 11.7 Å². The first-order chi connectivity index (χ1) is 13.3. The molecule has 1 N–H and O–H groups in total. The third-order valence-corrected chi connectivity index (χ3v) is 4.99. The summed E-state index contributed by atoms with van der Waals surface area (Å²) in [6.07, 6.45) is 1.85. The van der Waals surface area contributed by atoms with Gasteiger partial charge in [0, 0.05) is 6.54 Å². The lowest BCUT2D eigenvalue weighted by Crippen LogP contribution is -2.34. The fourth-order valence-electron chi connectivity index (χ4n) is 3.16. The highest BCUT2D eigenvalue weighted by molar-refractivity contribution is 7.13. The average Bonchev–Trinajstić information content (AvgIpc) is 3.39. The summed E-state index contributed by atoms with van der Waals surface area (Å²) < 4.78 is 5.62. The highest BCUT2D eigenvalue weighted by atomic mass is 32.1. The van der Waals surface area contributed by atoms with Crippen LogP contribution < -0.4 is 10.1 Å². The van der Waals surface area contributed by atoms with E-state index in [2.05, 4.69) is 20.5 Å². The molecule has 1 saturated heterocycles. The number of pyridine rings is 1. The Morgan fingerprint density at radius 2 is 2.11 bits per heavy atom. The number of likely N-dealkylation sites (tertiary alicyclic amines) is 1. The number of benzene rings is 1. The molecule has 0 bridgehead atoms. The van der Waals surface area contributed by atoms with Crippen molar-refractivity contribution in [3.63, 3.8) is 0 Å². The summed E-state index contributed by atoms with van der Waals surface area (Å²) in [5.41, 5.74) is 2.53. The van der Waals surface area contributed by atoms with Gasteiger partial charge < -0.3 is 15.0 Å². The predicted molar refractivity (Wildman–Crippen MR) is 103 cm³/mol. The molecule has 1 atom stereocenters. The number of hydrogen-bond acceptors (Lipinski definition) is 7. The van der Waals surface area contributed by atoms with Crippen LogP contribution in [-0.2, 0) is 4.79 Å². The van der Waals surface area contributed by atoms with Crippen molar-refractivity contribution in [2.24, 2.45) is 0 Å². The molecule has 27 heavy (non-hydrogen) atoms. The van der Waals surface area contributed by atoms with Crippen molar-refractivity contribution >= 4 is 28.2 Å². The summed E-state index contributed by atoms with van der Waals surface area (Å²) in [5, 5.41) is 11.6. The number of hydrogen-bond donors (Lipinski definition) is 1. The van der Waals surface area contributed by atoms with Crippen LogP contribution >= 0.6 is 11.3 Å². The minimum atomic E-state index is -0.0342. The van der Waals surface area contributed by atoms with Gasteiger partial charge in [-0.25, -0.2) is 4.98 Å². The average molecular weight is 381 g/mol. The molecule has 7 nitrogen and oxygen atoms in total. The Labute approximate surface area is 161 Å². The molecule has 4 rings (SSSR count). The molecule has 3 heterocycles. The van der Waals surface area contributed by atoms with Crippen LogP contribution in [0.25, 0.3) is 0 Å². The zero-order chi connectivity index (χ0) is 18.5. The Balaban J connectivity index is 1.44. The molecule has 0 radical (unpaired) electrons. The molecular weight excluding hydrogens is 362 g/mol. The van der Waals surface area contributed by atoms with Crippen molar-refractivity contribution in [2.75, 3.05) is 18.5 Å². The van der Waals surface area contributed by atoms with Crippen LogP contribution in [0.2, 0.25) is 0 Å². The first-order valence-electron chi connectivity index (χ1n) is 8.77. The lowest BCUT2D eigenvalue weighted by Gasteiger charge is -2.24. The number of rotatable bonds is 6. The van der Waals surface area contributed by atoms with E-state index in [0.717, 1.165) is 25.1 Å². The summed E-state index contributed by atoms with van der Waals surface area (Å²) in [7, 11) is 0. The van der Waals surface area contributed by atoms with Crippen LogP contribution in [0.3, 0.4) is 0 Å². The van der Waals surface area contributed by atoms with E-state index in [4.69, 9.17) is 4.74 Å². The lowest BCUT2D eigenvalue weighted by molar-refractivity contribution is -0.134. The Bertz CT molecular complexity index is 888. The number of nitrogens with zero attached hydrogens (tertiary/aromatic N) is 4. The van der Waals surface area contributed by atoms with Gasteiger partial charge in [-0.2, -0.15) is 0 Å². The van der Waals surface area contributed by atoms with Gasteiger partial charge >= 0.3 is 0 Å². The number of para-hydroxylation sites is 1. The minimum absolute atomic E-state index is 0.0226. The van der Waals surface area contributed by atoms with Gasteiger partial charge in [0.1, 0.15) is 17.1 Å². The van der Waals surface area contributed by atoms with Crippen LogP contribution in [0, 0.1) is 0 Å². The van der Waals surface area contributed by atoms with Gasteiger partial charge in [0.2, 0.25) is 5.13 Å². The Morgan fingerprint density at radius 3 is 2.93 bits per heavy atom. The maximum absolute atomic E-state index is 12.7. The molecular formula is C19H19N5O2S. The Morgan fingerprint density at radius 1 is 1.22 bits per heavy atom. The third-order valence-electron chi connectivity index (χ3n) is 4.39. The van der Waals surface area contributed by atoms with E-state index >= 15 is 0 Å². The number of carbonyl (C=O) groups is 1. The largest absolute Gasteiger partial charge is 0.484 e. The van der Waals surface area contributed by atoms with Gasteiger partial charge in [-0.05, 0) is 37.1 Å². The van der Waals surface area contributed by atoms with Crippen LogP contribution in [0.4, 0.5) is 10.9 Å². The van der Waals surface area contributed by atoms with E-state index in [1.54, 1.807) is 5.51 Å². The molecule has 138 valence electrons. The van der Waals surface area contributed by atoms with E-state index in [1.165, 1.54) is 11.3 Å². The molecule has 1 fully saturated rings. The molecule has 0 saturated carbocycles. The fourth-order valence-corrected chi connectivity index (χ4v) is 3.61. The van der Waals surface area contributed by atoms with Gasteiger partial charge in [-0.1, -0.05) is 35.6 Å². The second-order valence-electron chi connectivity index (χ2n) is 6.16. The van der Waals surface area contributed by atoms with E-state index in [0.29, 0.717) is 16.7 Å². The first kappa shape index (κ1) is 17.4. The maximum Gasteiger partial charge on any atom is 0.261 e. The molecule has 1 aromatic carbocycles. The van der Waals surface area contributed by atoms with Gasteiger partial charge in [0.15, 0.2) is 6.61 Å². The summed E-state index contributed by atoms with van der Waals surface area (Å²) in [5.74, 6) is 1.37. The number of amides is 1. The Hall–Kier alpha value is -3.00. The normalized spacial score (nSPS) is 16.3. The maximum atomic E-state index is 12.7. The summed E-state index contributed by atoms with van der Waals surface area (Å²) in [6.45, 7) is 0.751. The molecule has 1 aliphatic heterocycles. The van der Waals surface area contributed by atoms with Crippen LogP contribution in [-0.4, -0.2) is 39.1 Å². The monoisotopic (exact) mass is 381 g/mol. The van der Waals surface area contributed by atoms with Crippen LogP contribution in [0.15, 0.2) is 54.0 Å². The van der Waals surface area contributed by atoms with Crippen molar-refractivity contribution in [3.8, 4) is 5.75 Å². The van der Waals surface area contributed by atoms with E-state index in [-0.39, 0.29) is 18.6 Å². The topological polar surface area (TPSA) is 80.2 Å². The van der Waals surface area contributed by atoms with Crippen molar-refractivity contribution in [1.82, 2.24) is 20.1 Å². The quantitative estimate of drug-likeness (QED) is 0.705. The number of nitrogens with one attached hydrogen (secondary N) is 1. The fraction of sp³-hybridized carbons (Fsp3) is 0.263. The van der Waals surface area contributed by atoms with Crippen LogP contribution in [0.5, 0.6) is 5.75 Å². The third kappa shape index (κ3) is 4.22. The summed E-state index contributed by atoms with van der Waals surface area (Å²) >= 11 is 1.41. The van der Waals surface area contributed by atoms with Gasteiger partial charge in [0.25, 0.3) is 5.91 Å². The number of ether oxygens (including phenoxy) is 1. The molecule has 8 heteroatoms. The molecule has 3 aromatic rings. The second-order valence-corrected chi connectivity index (χ2v) is 7.00. The standard InChI is InChI=1S/C19H19N5O2S/c25-18(12-26-14-6-2-1-3-7-14)24-11-5-9-16(24)15-8-4-10-17(21-15)22-19-23-20-13-27-19/h1-4,6-8,10,13,16H,5,9,11-12H2,(H,21,22,23)/t16-/m1/s1. The molecule has 1 aliphatic rings. The zero-order valence-corrected chi connectivity index (χ0v) is 15.4. The Kier molecular flexibility index (Phi) is 5.24. The summed E-state index contributed by atoms with van der Waals surface area (Å²) in [6, 6.07) is 15.1. The number of anilines is 2.